The van der Waals surface area contributed by atoms with Gasteiger partial charge in [-0.05, 0) is 25.1 Å². The molecule has 0 atom stereocenters. The van der Waals surface area contributed by atoms with E-state index < -0.39 is 0 Å². The standard InChI is InChI=1S/C15H15BrFNO/c1-10-2-5-15(12(6-10)8-18)19-9-11-3-4-13(16)7-14(11)17/h2-7H,8-9,18H2,1H3. The molecule has 2 aromatic rings. The van der Waals surface area contributed by atoms with E-state index in [1.165, 1.54) is 6.07 Å². The molecule has 0 aliphatic carbocycles. The molecule has 2 nitrogen and oxygen atoms in total. The number of nitrogens with two attached hydrogens (primary N) is 1. The number of hydrogen-bond donors (Lipinski definition) is 1. The molecule has 19 heavy (non-hydrogen) atoms. The molecule has 2 N–H and O–H groups in total. The Morgan fingerprint density at radius 2 is 1.95 bits per heavy atom. The number of ether oxygens (including phenoxy) is 1. The molecule has 0 aliphatic rings. The molecule has 0 aliphatic heterocycles. The average Bonchev–Trinajstić information content (AvgIpc) is 2.39. The van der Waals surface area contributed by atoms with E-state index in [2.05, 4.69) is 15.9 Å². The number of benzene rings is 2. The lowest BCUT2D eigenvalue weighted by Crippen LogP contribution is -2.04. The molecule has 0 amide bonds. The zero-order chi connectivity index (χ0) is 13.8. The van der Waals surface area contributed by atoms with Crippen LogP contribution < -0.4 is 10.5 Å². The second kappa shape index (κ2) is 6.17. The van der Waals surface area contributed by atoms with E-state index in [9.17, 15) is 4.39 Å². The van der Waals surface area contributed by atoms with Gasteiger partial charge in [-0.2, -0.15) is 0 Å². The van der Waals surface area contributed by atoms with Gasteiger partial charge in [0.25, 0.3) is 0 Å². The Kier molecular flexibility index (Phi) is 4.56. The average molecular weight is 324 g/mol. The van der Waals surface area contributed by atoms with E-state index in [-0.39, 0.29) is 12.4 Å². The number of hydrogen-bond acceptors (Lipinski definition) is 2. The molecular formula is C15H15BrFNO. The summed E-state index contributed by atoms with van der Waals surface area (Å²) in [7, 11) is 0. The Hall–Kier alpha value is -1.39. The molecule has 0 heterocycles. The first kappa shape index (κ1) is 14.0. The van der Waals surface area contributed by atoms with Crippen LogP contribution in [0.2, 0.25) is 0 Å². The third kappa shape index (κ3) is 3.55. The maximum absolute atomic E-state index is 13.7. The Morgan fingerprint density at radius 3 is 2.63 bits per heavy atom. The summed E-state index contributed by atoms with van der Waals surface area (Å²) in [5.74, 6) is 0.422. The van der Waals surface area contributed by atoms with Crippen LogP contribution in [-0.4, -0.2) is 0 Å². The number of rotatable bonds is 4. The highest BCUT2D eigenvalue weighted by molar-refractivity contribution is 9.10. The Bertz CT molecular complexity index is 586. The fourth-order valence-electron chi connectivity index (χ4n) is 1.80. The van der Waals surface area contributed by atoms with Gasteiger partial charge in [-0.15, -0.1) is 0 Å². The van der Waals surface area contributed by atoms with Crippen LogP contribution in [0.15, 0.2) is 40.9 Å². The number of aryl methyl sites for hydroxylation is 1. The normalized spacial score (nSPS) is 10.5. The first-order chi connectivity index (χ1) is 9.10. The van der Waals surface area contributed by atoms with Crippen molar-refractivity contribution in [3.05, 3.63) is 63.4 Å². The largest absolute Gasteiger partial charge is 0.488 e. The van der Waals surface area contributed by atoms with Gasteiger partial charge in [0.2, 0.25) is 0 Å². The van der Waals surface area contributed by atoms with Crippen molar-refractivity contribution in [2.45, 2.75) is 20.1 Å². The lowest BCUT2D eigenvalue weighted by Gasteiger charge is -2.11. The summed E-state index contributed by atoms with van der Waals surface area (Å²) in [6.07, 6.45) is 0. The van der Waals surface area contributed by atoms with Crippen molar-refractivity contribution in [1.82, 2.24) is 0 Å². The van der Waals surface area contributed by atoms with Crippen LogP contribution in [0.3, 0.4) is 0 Å². The van der Waals surface area contributed by atoms with Crippen LogP contribution in [0.25, 0.3) is 0 Å². The van der Waals surface area contributed by atoms with E-state index in [4.69, 9.17) is 10.5 Å². The summed E-state index contributed by atoms with van der Waals surface area (Å²) in [5, 5.41) is 0. The van der Waals surface area contributed by atoms with Crippen LogP contribution in [0, 0.1) is 12.7 Å². The molecule has 0 aromatic heterocycles. The molecule has 0 saturated carbocycles. The summed E-state index contributed by atoms with van der Waals surface area (Å²) in [6, 6.07) is 10.7. The van der Waals surface area contributed by atoms with Crippen LogP contribution in [0.5, 0.6) is 5.75 Å². The van der Waals surface area contributed by atoms with Crippen LogP contribution in [0.4, 0.5) is 4.39 Å². The van der Waals surface area contributed by atoms with Crippen LogP contribution >= 0.6 is 15.9 Å². The maximum Gasteiger partial charge on any atom is 0.130 e. The molecule has 0 saturated heterocycles. The topological polar surface area (TPSA) is 35.2 Å². The molecule has 4 heteroatoms. The van der Waals surface area contributed by atoms with Crippen molar-refractivity contribution in [1.29, 1.82) is 0 Å². The Morgan fingerprint density at radius 1 is 1.16 bits per heavy atom. The molecule has 0 bridgehead atoms. The van der Waals surface area contributed by atoms with Crippen molar-refractivity contribution >= 4 is 15.9 Å². The smallest absolute Gasteiger partial charge is 0.130 e. The molecule has 2 aromatic carbocycles. The van der Waals surface area contributed by atoms with Crippen molar-refractivity contribution in [3.63, 3.8) is 0 Å². The van der Waals surface area contributed by atoms with Gasteiger partial charge in [-0.3, -0.25) is 0 Å². The lowest BCUT2D eigenvalue weighted by molar-refractivity contribution is 0.296. The fraction of sp³-hybridized carbons (Fsp3) is 0.200. The van der Waals surface area contributed by atoms with Gasteiger partial charge in [-0.25, -0.2) is 4.39 Å². The van der Waals surface area contributed by atoms with Gasteiger partial charge in [0.05, 0.1) is 0 Å². The molecular weight excluding hydrogens is 309 g/mol. The second-order valence-electron chi connectivity index (χ2n) is 4.34. The summed E-state index contributed by atoms with van der Waals surface area (Å²) in [5.41, 5.74) is 8.25. The molecule has 0 unspecified atom stereocenters. The predicted octanol–water partition coefficient (Wildman–Crippen LogP) is 3.93. The maximum atomic E-state index is 13.7. The van der Waals surface area contributed by atoms with Crippen molar-refractivity contribution in [2.75, 3.05) is 0 Å². The number of halogens is 2. The van der Waals surface area contributed by atoms with E-state index >= 15 is 0 Å². The SMILES string of the molecule is Cc1ccc(OCc2ccc(Br)cc2F)c(CN)c1. The minimum Gasteiger partial charge on any atom is -0.488 e. The lowest BCUT2D eigenvalue weighted by atomic mass is 10.1. The van der Waals surface area contributed by atoms with E-state index in [1.54, 1.807) is 12.1 Å². The minimum absolute atomic E-state index is 0.190. The minimum atomic E-state index is -0.282. The zero-order valence-corrected chi connectivity index (χ0v) is 12.2. The summed E-state index contributed by atoms with van der Waals surface area (Å²) in [6.45, 7) is 2.59. The Balaban J connectivity index is 2.14. The van der Waals surface area contributed by atoms with E-state index in [0.717, 1.165) is 11.1 Å². The van der Waals surface area contributed by atoms with Crippen LogP contribution in [0.1, 0.15) is 16.7 Å². The molecule has 100 valence electrons. The summed E-state index contributed by atoms with van der Waals surface area (Å²) >= 11 is 3.23. The van der Waals surface area contributed by atoms with E-state index in [0.29, 0.717) is 22.3 Å². The third-order valence-corrected chi connectivity index (χ3v) is 3.33. The molecule has 0 fully saturated rings. The highest BCUT2D eigenvalue weighted by atomic mass is 79.9. The Labute approximate surface area is 120 Å². The second-order valence-corrected chi connectivity index (χ2v) is 5.26. The van der Waals surface area contributed by atoms with Crippen molar-refractivity contribution in [3.8, 4) is 5.75 Å². The van der Waals surface area contributed by atoms with E-state index in [1.807, 2.05) is 25.1 Å². The zero-order valence-electron chi connectivity index (χ0n) is 10.6. The highest BCUT2D eigenvalue weighted by Gasteiger charge is 2.06. The summed E-state index contributed by atoms with van der Waals surface area (Å²) in [4.78, 5) is 0. The van der Waals surface area contributed by atoms with Gasteiger partial charge < -0.3 is 10.5 Å². The predicted molar refractivity (Wildman–Crippen MR) is 77.5 cm³/mol. The first-order valence-corrected chi connectivity index (χ1v) is 6.76. The monoisotopic (exact) mass is 323 g/mol. The van der Waals surface area contributed by atoms with Gasteiger partial charge in [0.15, 0.2) is 0 Å². The molecule has 2 rings (SSSR count). The van der Waals surface area contributed by atoms with Gasteiger partial charge >= 0.3 is 0 Å². The first-order valence-electron chi connectivity index (χ1n) is 5.96. The van der Waals surface area contributed by atoms with Crippen molar-refractivity contribution < 1.29 is 9.13 Å². The third-order valence-electron chi connectivity index (χ3n) is 2.83. The molecule has 0 radical (unpaired) electrons. The van der Waals surface area contributed by atoms with Crippen LogP contribution in [-0.2, 0) is 13.2 Å². The summed E-state index contributed by atoms with van der Waals surface area (Å²) < 4.78 is 20.0. The van der Waals surface area contributed by atoms with Gasteiger partial charge in [0.1, 0.15) is 18.2 Å². The highest BCUT2D eigenvalue weighted by Crippen LogP contribution is 2.22. The van der Waals surface area contributed by atoms with Gasteiger partial charge in [-0.1, -0.05) is 39.7 Å². The quantitative estimate of drug-likeness (QED) is 0.925. The van der Waals surface area contributed by atoms with Gasteiger partial charge in [0, 0.05) is 22.1 Å². The molecule has 0 spiro atoms. The fourth-order valence-corrected chi connectivity index (χ4v) is 2.14. The van der Waals surface area contributed by atoms with Crippen molar-refractivity contribution in [2.24, 2.45) is 5.73 Å².